The van der Waals surface area contributed by atoms with Crippen molar-refractivity contribution in [2.45, 2.75) is 19.0 Å². The Morgan fingerprint density at radius 2 is 1.80 bits per heavy atom. The van der Waals surface area contributed by atoms with Gasteiger partial charge in [-0.05, 0) is 12.8 Å². The fourth-order valence-corrected chi connectivity index (χ4v) is 1.30. The summed E-state index contributed by atoms with van der Waals surface area (Å²) in [4.78, 5) is 20.3. The summed E-state index contributed by atoms with van der Waals surface area (Å²) in [6, 6.07) is 0. The number of carboxylic acid groups (broad SMARTS) is 2. The molecule has 0 saturated carbocycles. The molecule has 2 N–H and O–H groups in total. The van der Waals surface area contributed by atoms with Gasteiger partial charge in [0.2, 0.25) is 0 Å². The first-order chi connectivity index (χ1) is 6.09. The average Bonchev–Trinajstić information content (AvgIpc) is 2.34. The van der Waals surface area contributed by atoms with Crippen molar-refractivity contribution in [3.8, 4) is 0 Å². The Morgan fingerprint density at radius 1 is 1.20 bits per heavy atom. The Labute approximate surface area is 131 Å². The Kier molecular flexibility index (Phi) is 10.3. The maximum Gasteiger partial charge on any atom is 1.00 e. The zero-order valence-electron chi connectivity index (χ0n) is 8.78. The van der Waals surface area contributed by atoms with Crippen molar-refractivity contribution in [2.75, 3.05) is 6.54 Å². The van der Waals surface area contributed by atoms with Crippen LogP contribution in [-0.4, -0.2) is 29.9 Å². The Hall–Kier alpha value is 0.500. The molecular formula is C6H9N3Na2O4. The molecule has 74 valence electrons. The first-order valence-electron chi connectivity index (χ1n) is 3.81. The van der Waals surface area contributed by atoms with Crippen LogP contribution in [-0.2, 0) is 0 Å². The van der Waals surface area contributed by atoms with Crippen LogP contribution in [0.2, 0.25) is 0 Å². The van der Waals surface area contributed by atoms with Gasteiger partial charge in [0.1, 0.15) is 12.2 Å². The van der Waals surface area contributed by atoms with Gasteiger partial charge in [0.15, 0.2) is 0 Å². The summed E-state index contributed by atoms with van der Waals surface area (Å²) < 4.78 is 0. The Bertz CT molecular complexity index is 206. The van der Waals surface area contributed by atoms with Gasteiger partial charge in [-0.1, -0.05) is 0 Å². The molecule has 1 heterocycles. The molecule has 7 nitrogen and oxygen atoms in total. The number of carbonyl (C=O) groups excluding carboxylic acids is 2. The number of rotatable bonds is 2. The molecular weight excluding hydrogens is 224 g/mol. The van der Waals surface area contributed by atoms with E-state index in [0.717, 1.165) is 0 Å². The molecule has 1 saturated heterocycles. The van der Waals surface area contributed by atoms with Crippen LogP contribution < -0.4 is 80.1 Å². The topological polar surface area (TPSA) is 108 Å². The van der Waals surface area contributed by atoms with Crippen molar-refractivity contribution >= 4 is 12.2 Å². The molecule has 0 radical (unpaired) electrons. The van der Waals surface area contributed by atoms with Crippen molar-refractivity contribution in [3.05, 3.63) is 0 Å². The van der Waals surface area contributed by atoms with Crippen molar-refractivity contribution in [1.29, 1.82) is 0 Å². The molecule has 0 aromatic rings. The van der Waals surface area contributed by atoms with Crippen molar-refractivity contribution < 1.29 is 78.9 Å². The molecule has 1 aliphatic rings. The van der Waals surface area contributed by atoms with Crippen LogP contribution in [0.4, 0.5) is 9.59 Å². The summed E-state index contributed by atoms with van der Waals surface area (Å²) in [6.45, 7) is 0.457. The summed E-state index contributed by atoms with van der Waals surface area (Å²) in [5.41, 5.74) is 1.98. The van der Waals surface area contributed by atoms with E-state index in [0.29, 0.717) is 19.4 Å². The van der Waals surface area contributed by atoms with E-state index in [-0.39, 0.29) is 59.1 Å². The van der Waals surface area contributed by atoms with Gasteiger partial charge in [0.25, 0.3) is 0 Å². The predicted molar refractivity (Wildman–Crippen MR) is 36.8 cm³/mol. The normalized spacial score (nSPS) is 19.6. The van der Waals surface area contributed by atoms with Crippen LogP contribution in [0.3, 0.4) is 0 Å². The molecule has 0 aliphatic carbocycles. The number of hydrogen-bond acceptors (Lipinski definition) is 5. The fraction of sp³-hybridized carbons (Fsp3) is 0.667. The van der Waals surface area contributed by atoms with Crippen LogP contribution in [0.15, 0.2) is 0 Å². The Morgan fingerprint density at radius 3 is 2.27 bits per heavy atom. The largest absolute Gasteiger partial charge is 1.00 e. The molecule has 1 unspecified atom stereocenters. The van der Waals surface area contributed by atoms with Crippen LogP contribution in [0, 0.1) is 0 Å². The number of nitrogens with zero attached hydrogens (tertiary/aromatic N) is 1. The minimum atomic E-state index is -1.45. The fourth-order valence-electron chi connectivity index (χ4n) is 1.30. The quantitative estimate of drug-likeness (QED) is 0.460. The van der Waals surface area contributed by atoms with E-state index in [2.05, 4.69) is 5.32 Å². The molecule has 1 atom stereocenters. The van der Waals surface area contributed by atoms with E-state index in [1.807, 2.05) is 5.43 Å². The first-order valence-corrected chi connectivity index (χ1v) is 3.81. The van der Waals surface area contributed by atoms with E-state index >= 15 is 0 Å². The zero-order valence-corrected chi connectivity index (χ0v) is 12.8. The minimum absolute atomic E-state index is 0. The molecule has 1 aliphatic heterocycles. The van der Waals surface area contributed by atoms with E-state index in [9.17, 15) is 19.8 Å². The molecule has 1 fully saturated rings. The van der Waals surface area contributed by atoms with Crippen molar-refractivity contribution in [1.82, 2.24) is 15.8 Å². The van der Waals surface area contributed by atoms with Gasteiger partial charge in [-0.2, -0.15) is 0 Å². The minimum Gasteiger partial charge on any atom is -0.530 e. The van der Waals surface area contributed by atoms with Gasteiger partial charge in [-0.15, -0.1) is 0 Å². The number of amides is 2. The summed E-state index contributed by atoms with van der Waals surface area (Å²) in [7, 11) is 0. The third-order valence-corrected chi connectivity index (χ3v) is 1.77. The summed E-state index contributed by atoms with van der Waals surface area (Å²) in [6.07, 6.45) is -2.16. The van der Waals surface area contributed by atoms with Crippen LogP contribution in [0.5, 0.6) is 0 Å². The monoisotopic (exact) mass is 233 g/mol. The summed E-state index contributed by atoms with van der Waals surface area (Å²) in [5.74, 6) is 0. The maximum absolute atomic E-state index is 10.1. The number of hydrazine groups is 1. The second kappa shape index (κ2) is 8.63. The van der Waals surface area contributed by atoms with Crippen LogP contribution >= 0.6 is 0 Å². The van der Waals surface area contributed by atoms with Crippen molar-refractivity contribution in [3.63, 3.8) is 0 Å². The van der Waals surface area contributed by atoms with Gasteiger partial charge in [-0.25, -0.2) is 5.01 Å². The molecule has 0 aromatic carbocycles. The molecule has 2 amide bonds. The molecule has 0 aromatic heterocycles. The number of carbonyl (C=O) groups is 2. The standard InChI is InChI=1S/C6H11N3O4.2Na/c10-5(11)7-4-2-1-3-9(4)8-6(12)13;;/h4,7-8H,1-3H2,(H,10,11)(H,12,13);;/q;2*+1/p-2. The summed E-state index contributed by atoms with van der Waals surface area (Å²) in [5, 5.41) is 23.6. The second-order valence-corrected chi connectivity index (χ2v) is 2.68. The molecule has 0 spiro atoms. The summed E-state index contributed by atoms with van der Waals surface area (Å²) >= 11 is 0. The molecule has 0 bridgehead atoms. The smallest absolute Gasteiger partial charge is 0.530 e. The van der Waals surface area contributed by atoms with E-state index in [4.69, 9.17) is 0 Å². The third-order valence-electron chi connectivity index (χ3n) is 1.77. The molecule has 1 rings (SSSR count). The number of nitrogens with one attached hydrogen (secondary N) is 2. The van der Waals surface area contributed by atoms with Crippen LogP contribution in [0.25, 0.3) is 0 Å². The second-order valence-electron chi connectivity index (χ2n) is 2.68. The van der Waals surface area contributed by atoms with Gasteiger partial charge in [-0.3, -0.25) is 0 Å². The van der Waals surface area contributed by atoms with Gasteiger partial charge in [0.05, 0.1) is 6.17 Å². The Balaban J connectivity index is 0. The van der Waals surface area contributed by atoms with Gasteiger partial charge >= 0.3 is 59.1 Å². The average molecular weight is 233 g/mol. The third kappa shape index (κ3) is 6.62. The zero-order chi connectivity index (χ0) is 9.84. The number of hydrogen-bond donors (Lipinski definition) is 2. The SMILES string of the molecule is O=C([O-])NC1CCCN1NC(=O)[O-].[Na+].[Na+]. The van der Waals surface area contributed by atoms with Crippen LogP contribution in [0.1, 0.15) is 12.8 Å². The van der Waals surface area contributed by atoms with Crippen molar-refractivity contribution in [2.24, 2.45) is 0 Å². The van der Waals surface area contributed by atoms with E-state index in [1.165, 1.54) is 5.01 Å². The molecule has 15 heavy (non-hydrogen) atoms. The van der Waals surface area contributed by atoms with Gasteiger partial charge in [0, 0.05) is 6.54 Å². The maximum atomic E-state index is 10.1. The van der Waals surface area contributed by atoms with Gasteiger partial charge < -0.3 is 30.5 Å². The van der Waals surface area contributed by atoms with E-state index in [1.54, 1.807) is 0 Å². The first kappa shape index (κ1) is 17.9. The van der Waals surface area contributed by atoms with E-state index < -0.39 is 18.4 Å². The molecule has 9 heteroatoms. The predicted octanol–water partition coefficient (Wildman–Crippen LogP) is -8.80.